The van der Waals surface area contributed by atoms with E-state index >= 15 is 0 Å². The highest BCUT2D eigenvalue weighted by molar-refractivity contribution is 5.71. The van der Waals surface area contributed by atoms with Crippen molar-refractivity contribution in [2.45, 2.75) is 187 Å². The summed E-state index contributed by atoms with van der Waals surface area (Å²) in [6, 6.07) is 0. The Morgan fingerprint density at radius 3 is 1.28 bits per heavy atom. The van der Waals surface area contributed by atoms with E-state index in [0.717, 1.165) is 96.3 Å². The van der Waals surface area contributed by atoms with Crippen molar-refractivity contribution in [2.75, 3.05) is 13.2 Å². The molecule has 54 heavy (non-hydrogen) atoms. The van der Waals surface area contributed by atoms with Crippen LogP contribution in [0.5, 0.6) is 0 Å². The minimum atomic E-state index is -0.805. The second-order valence-corrected chi connectivity index (χ2v) is 14.0. The average Bonchev–Trinajstić information content (AvgIpc) is 3.17. The van der Waals surface area contributed by atoms with Gasteiger partial charge < -0.3 is 14.2 Å². The molecule has 0 rings (SSSR count). The van der Waals surface area contributed by atoms with Gasteiger partial charge in [0, 0.05) is 19.3 Å². The number of unbranched alkanes of at least 4 members (excludes halogenated alkanes) is 16. The van der Waals surface area contributed by atoms with Crippen molar-refractivity contribution in [3.05, 3.63) is 85.1 Å². The first-order valence-electron chi connectivity index (χ1n) is 21.7. The zero-order valence-corrected chi connectivity index (χ0v) is 34.7. The summed E-state index contributed by atoms with van der Waals surface area (Å²) in [7, 11) is 0. The van der Waals surface area contributed by atoms with E-state index in [1.54, 1.807) is 0 Å². The Morgan fingerprint density at radius 2 is 0.759 bits per heavy atom. The van der Waals surface area contributed by atoms with Crippen molar-refractivity contribution < 1.29 is 28.6 Å². The first kappa shape index (κ1) is 50.6. The van der Waals surface area contributed by atoms with E-state index in [-0.39, 0.29) is 31.1 Å². The van der Waals surface area contributed by atoms with Gasteiger partial charge in [-0.2, -0.15) is 0 Å². The average molecular weight is 751 g/mol. The SMILES string of the molecule is CC\C=C/C=C\C=C/C=C\CCCCCC(=O)OCC(COC(=O)CCCCC/C=C\C=C/CCCC)OC(=O)CCCCCCC/C=C\CCCCC. The smallest absolute Gasteiger partial charge is 0.306 e. The summed E-state index contributed by atoms with van der Waals surface area (Å²) in [6.45, 7) is 6.32. The Bertz CT molecular complexity index is 1090. The summed E-state index contributed by atoms with van der Waals surface area (Å²) in [5, 5.41) is 0. The molecule has 0 spiro atoms. The van der Waals surface area contributed by atoms with Crippen molar-refractivity contribution in [1.29, 1.82) is 0 Å². The molecule has 0 radical (unpaired) electrons. The molecule has 6 nitrogen and oxygen atoms in total. The number of hydrogen-bond donors (Lipinski definition) is 0. The van der Waals surface area contributed by atoms with Crippen LogP contribution in [0.25, 0.3) is 0 Å². The molecule has 0 aromatic heterocycles. The highest BCUT2D eigenvalue weighted by Crippen LogP contribution is 2.12. The van der Waals surface area contributed by atoms with Crippen molar-refractivity contribution in [2.24, 2.45) is 0 Å². The molecule has 0 saturated heterocycles. The largest absolute Gasteiger partial charge is 0.462 e. The summed E-state index contributed by atoms with van der Waals surface area (Å²) in [4.78, 5) is 37.6. The first-order chi connectivity index (χ1) is 26.5. The van der Waals surface area contributed by atoms with Gasteiger partial charge in [-0.25, -0.2) is 0 Å². The summed E-state index contributed by atoms with van der Waals surface area (Å²) < 4.78 is 16.6. The van der Waals surface area contributed by atoms with E-state index in [2.05, 4.69) is 69.4 Å². The molecule has 1 atom stereocenters. The van der Waals surface area contributed by atoms with Crippen LogP contribution in [0.15, 0.2) is 85.1 Å². The third kappa shape index (κ3) is 39.8. The molecule has 0 aliphatic carbocycles. The zero-order valence-electron chi connectivity index (χ0n) is 34.7. The Morgan fingerprint density at radius 1 is 0.389 bits per heavy atom. The lowest BCUT2D eigenvalue weighted by atomic mass is 10.1. The number of ether oxygens (including phenoxy) is 3. The molecule has 0 aromatic carbocycles. The van der Waals surface area contributed by atoms with Crippen LogP contribution in [0.2, 0.25) is 0 Å². The molecule has 0 heterocycles. The van der Waals surface area contributed by atoms with Crippen LogP contribution in [0, 0.1) is 0 Å². The summed E-state index contributed by atoms with van der Waals surface area (Å²) >= 11 is 0. The molecule has 0 N–H and O–H groups in total. The summed E-state index contributed by atoms with van der Waals surface area (Å²) in [5.74, 6) is -0.994. The summed E-state index contributed by atoms with van der Waals surface area (Å²) in [6.07, 6.45) is 52.8. The lowest BCUT2D eigenvalue weighted by molar-refractivity contribution is -0.167. The van der Waals surface area contributed by atoms with Crippen LogP contribution < -0.4 is 0 Å². The van der Waals surface area contributed by atoms with Crippen LogP contribution in [0.1, 0.15) is 181 Å². The number of allylic oxidation sites excluding steroid dienone is 14. The van der Waals surface area contributed by atoms with E-state index < -0.39 is 6.10 Å². The van der Waals surface area contributed by atoms with Gasteiger partial charge in [-0.1, -0.05) is 164 Å². The Hall–Kier alpha value is -3.41. The minimum Gasteiger partial charge on any atom is -0.462 e. The third-order valence-corrected chi connectivity index (χ3v) is 8.73. The fraction of sp³-hybridized carbons (Fsp3) is 0.646. The fourth-order valence-electron chi connectivity index (χ4n) is 5.42. The molecule has 306 valence electrons. The minimum absolute atomic E-state index is 0.108. The number of carbonyl (C=O) groups excluding carboxylic acids is 3. The fourth-order valence-corrected chi connectivity index (χ4v) is 5.42. The molecule has 0 aromatic rings. The second-order valence-electron chi connectivity index (χ2n) is 14.0. The maximum absolute atomic E-state index is 12.7. The number of esters is 3. The van der Waals surface area contributed by atoms with Gasteiger partial charge in [0.25, 0.3) is 0 Å². The molecular formula is C48H78O6. The van der Waals surface area contributed by atoms with Crippen LogP contribution in [0.3, 0.4) is 0 Å². The van der Waals surface area contributed by atoms with Gasteiger partial charge in [-0.05, 0) is 83.5 Å². The number of hydrogen-bond acceptors (Lipinski definition) is 6. The van der Waals surface area contributed by atoms with Gasteiger partial charge >= 0.3 is 17.9 Å². The predicted octanol–water partition coefficient (Wildman–Crippen LogP) is 13.7. The Balaban J connectivity index is 4.52. The highest BCUT2D eigenvalue weighted by Gasteiger charge is 2.19. The van der Waals surface area contributed by atoms with E-state index in [4.69, 9.17) is 14.2 Å². The van der Waals surface area contributed by atoms with E-state index in [0.29, 0.717) is 19.3 Å². The predicted molar refractivity (Wildman–Crippen MR) is 228 cm³/mol. The first-order valence-corrected chi connectivity index (χ1v) is 21.7. The van der Waals surface area contributed by atoms with Crippen molar-refractivity contribution in [3.63, 3.8) is 0 Å². The lowest BCUT2D eigenvalue weighted by Gasteiger charge is -2.18. The van der Waals surface area contributed by atoms with Gasteiger partial charge in [-0.15, -0.1) is 0 Å². The van der Waals surface area contributed by atoms with Gasteiger partial charge in [-0.3, -0.25) is 14.4 Å². The highest BCUT2D eigenvalue weighted by atomic mass is 16.6. The van der Waals surface area contributed by atoms with Crippen LogP contribution >= 0.6 is 0 Å². The third-order valence-electron chi connectivity index (χ3n) is 8.73. The van der Waals surface area contributed by atoms with E-state index in [1.165, 1.54) is 44.9 Å². The molecule has 0 fully saturated rings. The number of carbonyl (C=O) groups is 3. The van der Waals surface area contributed by atoms with Gasteiger partial charge in [0.05, 0.1) is 0 Å². The maximum Gasteiger partial charge on any atom is 0.306 e. The van der Waals surface area contributed by atoms with E-state index in [1.807, 2.05) is 36.5 Å². The van der Waals surface area contributed by atoms with Crippen LogP contribution in [-0.2, 0) is 28.6 Å². The van der Waals surface area contributed by atoms with Gasteiger partial charge in [0.15, 0.2) is 6.10 Å². The normalized spacial score (nSPS) is 12.9. The van der Waals surface area contributed by atoms with Crippen molar-refractivity contribution >= 4 is 17.9 Å². The molecule has 0 aliphatic heterocycles. The monoisotopic (exact) mass is 751 g/mol. The topological polar surface area (TPSA) is 78.9 Å². The molecule has 0 saturated carbocycles. The molecule has 1 unspecified atom stereocenters. The van der Waals surface area contributed by atoms with E-state index in [9.17, 15) is 14.4 Å². The quantitative estimate of drug-likeness (QED) is 0.0207. The Kier molecular flexibility index (Phi) is 39.7. The van der Waals surface area contributed by atoms with Crippen molar-refractivity contribution in [1.82, 2.24) is 0 Å². The van der Waals surface area contributed by atoms with Crippen LogP contribution in [0.4, 0.5) is 0 Å². The molecular weight excluding hydrogens is 673 g/mol. The Labute approximate surface area is 331 Å². The standard InChI is InChI=1S/C48H78O6/c1-4-7-10-13-16-19-22-24-27-29-32-35-38-41-47(50)53-44-45(43-52-46(49)40-37-34-31-28-25-21-18-15-12-9-6-3)54-48(51)42-39-36-33-30-26-23-20-17-14-11-8-5-2/h7,10,13,15-22,24-25,27,45H,4-6,8-9,11-12,14,23,26,28-44H2,1-3H3/b10-7-,16-13-,18-15-,20-17-,22-19-,25-21-,27-24-. The molecule has 0 aliphatic rings. The maximum atomic E-state index is 12.7. The zero-order chi connectivity index (χ0) is 39.4. The van der Waals surface area contributed by atoms with Gasteiger partial charge in [0.2, 0.25) is 0 Å². The molecule has 0 amide bonds. The van der Waals surface area contributed by atoms with Gasteiger partial charge in [0.1, 0.15) is 13.2 Å². The molecule has 6 heteroatoms. The second kappa shape index (κ2) is 42.3. The van der Waals surface area contributed by atoms with Crippen LogP contribution in [-0.4, -0.2) is 37.2 Å². The summed E-state index contributed by atoms with van der Waals surface area (Å²) in [5.41, 5.74) is 0. The molecule has 0 bridgehead atoms. The van der Waals surface area contributed by atoms with Crippen molar-refractivity contribution in [3.8, 4) is 0 Å². The number of rotatable bonds is 37. The lowest BCUT2D eigenvalue weighted by Crippen LogP contribution is -2.30.